The van der Waals surface area contributed by atoms with E-state index in [9.17, 15) is 4.79 Å². The Hall–Kier alpha value is -1.29. The number of carbonyl (C=O) groups is 1. The third-order valence-electron chi connectivity index (χ3n) is 2.97. The Morgan fingerprint density at radius 1 is 1.65 bits per heavy atom. The van der Waals surface area contributed by atoms with Crippen molar-refractivity contribution >= 4 is 5.97 Å². The van der Waals surface area contributed by atoms with Crippen LogP contribution < -0.4 is 5.73 Å². The normalized spacial score (nSPS) is 29.8. The van der Waals surface area contributed by atoms with Gasteiger partial charge in [0.2, 0.25) is 0 Å². The SMILES string of the molecule is CC=CC(=CCC)OC1CCC(N)(C(=O)O)C1. The number of carboxylic acids is 1. The molecule has 1 fully saturated rings. The van der Waals surface area contributed by atoms with Crippen LogP contribution in [-0.2, 0) is 9.53 Å². The fourth-order valence-corrected chi connectivity index (χ4v) is 2.04. The molecule has 4 nitrogen and oxygen atoms in total. The highest BCUT2D eigenvalue weighted by Crippen LogP contribution is 2.31. The molecule has 1 aliphatic carbocycles. The Morgan fingerprint density at radius 3 is 2.82 bits per heavy atom. The summed E-state index contributed by atoms with van der Waals surface area (Å²) in [5.74, 6) is -0.134. The monoisotopic (exact) mass is 239 g/mol. The zero-order valence-corrected chi connectivity index (χ0v) is 10.5. The molecule has 0 saturated heterocycles. The van der Waals surface area contributed by atoms with E-state index in [-0.39, 0.29) is 6.10 Å². The summed E-state index contributed by atoms with van der Waals surface area (Å²) in [6.07, 6.45) is 8.12. The quantitative estimate of drug-likeness (QED) is 0.570. The fourth-order valence-electron chi connectivity index (χ4n) is 2.04. The van der Waals surface area contributed by atoms with E-state index in [0.717, 1.165) is 12.2 Å². The van der Waals surface area contributed by atoms with E-state index in [1.807, 2.05) is 32.1 Å². The van der Waals surface area contributed by atoms with Crippen LogP contribution in [0.2, 0.25) is 0 Å². The number of nitrogens with two attached hydrogens (primary N) is 1. The lowest BCUT2D eigenvalue weighted by molar-refractivity contribution is -0.143. The Labute approximate surface area is 102 Å². The Kier molecular flexibility index (Phi) is 4.75. The zero-order valence-electron chi connectivity index (χ0n) is 10.5. The van der Waals surface area contributed by atoms with Gasteiger partial charge >= 0.3 is 5.97 Å². The fraction of sp³-hybridized carbons (Fsp3) is 0.615. The van der Waals surface area contributed by atoms with Crippen molar-refractivity contribution in [1.29, 1.82) is 0 Å². The van der Waals surface area contributed by atoms with Crippen molar-refractivity contribution in [1.82, 2.24) is 0 Å². The second-order valence-corrected chi connectivity index (χ2v) is 4.46. The molecule has 0 amide bonds. The predicted octanol–water partition coefficient (Wildman–Crippen LogP) is 2.21. The maximum Gasteiger partial charge on any atom is 0.323 e. The maximum absolute atomic E-state index is 11.0. The number of hydrogen-bond donors (Lipinski definition) is 2. The van der Waals surface area contributed by atoms with Gasteiger partial charge in [0.05, 0.1) is 0 Å². The van der Waals surface area contributed by atoms with Gasteiger partial charge in [0.25, 0.3) is 0 Å². The van der Waals surface area contributed by atoms with E-state index in [1.165, 1.54) is 0 Å². The van der Waals surface area contributed by atoms with Gasteiger partial charge in [-0.25, -0.2) is 0 Å². The number of hydrogen-bond acceptors (Lipinski definition) is 3. The Balaban J connectivity index is 2.60. The molecule has 1 rings (SSSR count). The molecular weight excluding hydrogens is 218 g/mol. The van der Waals surface area contributed by atoms with Crippen LogP contribution >= 0.6 is 0 Å². The van der Waals surface area contributed by atoms with Gasteiger partial charge in [-0.2, -0.15) is 0 Å². The van der Waals surface area contributed by atoms with Crippen LogP contribution in [0.3, 0.4) is 0 Å². The van der Waals surface area contributed by atoms with Gasteiger partial charge in [0.15, 0.2) is 0 Å². The lowest BCUT2D eigenvalue weighted by Gasteiger charge is -2.19. The molecular formula is C13H21NO3. The summed E-state index contributed by atoms with van der Waals surface area (Å²) in [7, 11) is 0. The largest absolute Gasteiger partial charge is 0.491 e. The minimum atomic E-state index is -1.11. The first-order chi connectivity index (χ1) is 8.01. The number of carboxylic acid groups (broad SMARTS) is 1. The van der Waals surface area contributed by atoms with Crippen molar-refractivity contribution in [2.75, 3.05) is 0 Å². The van der Waals surface area contributed by atoms with Crippen LogP contribution in [-0.4, -0.2) is 22.7 Å². The molecule has 0 aromatic carbocycles. The minimum absolute atomic E-state index is 0.0925. The molecule has 1 saturated carbocycles. The molecule has 0 aromatic heterocycles. The molecule has 0 bridgehead atoms. The Bertz CT molecular complexity index is 336. The minimum Gasteiger partial charge on any atom is -0.491 e. The number of rotatable bonds is 5. The van der Waals surface area contributed by atoms with Crippen LogP contribution in [0.25, 0.3) is 0 Å². The average molecular weight is 239 g/mol. The molecule has 4 heteroatoms. The predicted molar refractivity (Wildman–Crippen MR) is 66.5 cm³/mol. The zero-order chi connectivity index (χ0) is 12.9. The average Bonchev–Trinajstić information content (AvgIpc) is 2.62. The van der Waals surface area contributed by atoms with Gasteiger partial charge in [-0.1, -0.05) is 13.0 Å². The molecule has 3 N–H and O–H groups in total. The van der Waals surface area contributed by atoms with Crippen molar-refractivity contribution in [2.45, 2.75) is 51.2 Å². The summed E-state index contributed by atoms with van der Waals surface area (Å²) < 4.78 is 5.77. The van der Waals surface area contributed by atoms with E-state index in [0.29, 0.717) is 19.3 Å². The standard InChI is InChI=1S/C13H21NO3/c1-3-5-10(6-4-2)17-11-7-8-13(14,9-11)12(15)16/h3,5-6,11H,4,7-9,14H2,1-2H3,(H,15,16). The first-order valence-corrected chi connectivity index (χ1v) is 6.03. The first-order valence-electron chi connectivity index (χ1n) is 6.03. The second-order valence-electron chi connectivity index (χ2n) is 4.46. The lowest BCUT2D eigenvalue weighted by atomic mass is 10.00. The van der Waals surface area contributed by atoms with E-state index >= 15 is 0 Å². The number of ether oxygens (including phenoxy) is 1. The molecule has 17 heavy (non-hydrogen) atoms. The van der Waals surface area contributed by atoms with Gasteiger partial charge in [0.1, 0.15) is 17.4 Å². The highest BCUT2D eigenvalue weighted by atomic mass is 16.5. The molecule has 2 atom stereocenters. The molecule has 0 aromatic rings. The summed E-state index contributed by atoms with van der Waals surface area (Å²) in [6.45, 7) is 3.96. The first kappa shape index (κ1) is 13.8. The van der Waals surface area contributed by atoms with Crippen LogP contribution in [0.4, 0.5) is 0 Å². The highest BCUT2D eigenvalue weighted by molar-refractivity contribution is 5.78. The molecule has 0 radical (unpaired) electrons. The third kappa shape index (κ3) is 3.60. The summed E-state index contributed by atoms with van der Waals surface area (Å²) in [5.41, 5.74) is 4.69. The van der Waals surface area contributed by atoms with Crippen LogP contribution in [0.5, 0.6) is 0 Å². The second kappa shape index (κ2) is 5.87. The molecule has 0 aliphatic heterocycles. The van der Waals surface area contributed by atoms with E-state index in [4.69, 9.17) is 15.6 Å². The van der Waals surface area contributed by atoms with Crippen molar-refractivity contribution < 1.29 is 14.6 Å². The van der Waals surface area contributed by atoms with Gasteiger partial charge < -0.3 is 15.6 Å². The van der Waals surface area contributed by atoms with Gasteiger partial charge in [-0.3, -0.25) is 4.79 Å². The summed E-state index contributed by atoms with van der Waals surface area (Å²) in [4.78, 5) is 11.0. The van der Waals surface area contributed by atoms with E-state index in [2.05, 4.69) is 0 Å². The van der Waals surface area contributed by atoms with Crippen LogP contribution in [0.1, 0.15) is 39.5 Å². The van der Waals surface area contributed by atoms with Crippen molar-refractivity contribution in [2.24, 2.45) is 5.73 Å². The van der Waals surface area contributed by atoms with Gasteiger partial charge in [-0.05, 0) is 38.3 Å². The topological polar surface area (TPSA) is 72.5 Å². The van der Waals surface area contributed by atoms with Crippen molar-refractivity contribution in [3.05, 3.63) is 24.0 Å². The molecule has 96 valence electrons. The van der Waals surface area contributed by atoms with Gasteiger partial charge in [-0.15, -0.1) is 0 Å². The van der Waals surface area contributed by atoms with Crippen LogP contribution in [0, 0.1) is 0 Å². The van der Waals surface area contributed by atoms with Crippen molar-refractivity contribution in [3.63, 3.8) is 0 Å². The van der Waals surface area contributed by atoms with Crippen molar-refractivity contribution in [3.8, 4) is 0 Å². The summed E-state index contributed by atoms with van der Waals surface area (Å²) >= 11 is 0. The molecule has 0 heterocycles. The Morgan fingerprint density at radius 2 is 2.35 bits per heavy atom. The summed E-state index contributed by atoms with van der Waals surface area (Å²) in [5, 5.41) is 9.02. The number of aliphatic carboxylic acids is 1. The molecule has 1 aliphatic rings. The van der Waals surface area contributed by atoms with E-state index in [1.54, 1.807) is 0 Å². The molecule has 2 unspecified atom stereocenters. The lowest BCUT2D eigenvalue weighted by Crippen LogP contribution is -2.45. The third-order valence-corrected chi connectivity index (χ3v) is 2.97. The number of allylic oxidation sites excluding steroid dienone is 3. The smallest absolute Gasteiger partial charge is 0.323 e. The summed E-state index contributed by atoms with van der Waals surface area (Å²) in [6, 6.07) is 0. The highest BCUT2D eigenvalue weighted by Gasteiger charge is 2.43. The maximum atomic E-state index is 11.0. The molecule has 0 spiro atoms. The van der Waals surface area contributed by atoms with E-state index < -0.39 is 11.5 Å². The van der Waals surface area contributed by atoms with Crippen LogP contribution in [0.15, 0.2) is 24.0 Å². The van der Waals surface area contributed by atoms with Gasteiger partial charge in [0, 0.05) is 6.42 Å².